The molecule has 0 N–H and O–H groups in total. The maximum Gasteiger partial charge on any atom is -0.0253 e. The first-order valence-corrected chi connectivity index (χ1v) is 17.0. The van der Waals surface area contributed by atoms with E-state index >= 15 is 0 Å². The van der Waals surface area contributed by atoms with Crippen LogP contribution in [0.5, 0.6) is 0 Å². The zero-order valence-electron chi connectivity index (χ0n) is 20.0. The molecule has 0 saturated carbocycles. The van der Waals surface area contributed by atoms with Crippen LogP contribution >= 0.6 is 0 Å². The summed E-state index contributed by atoms with van der Waals surface area (Å²) < 4.78 is 0. The second-order valence-electron chi connectivity index (χ2n) is 8.14. The molecule has 1 aliphatic rings. The number of rotatable bonds is 6. The van der Waals surface area contributed by atoms with Crippen LogP contribution in [0.3, 0.4) is 0 Å². The van der Waals surface area contributed by atoms with Gasteiger partial charge in [-0.1, -0.05) is 36.2 Å². The monoisotopic (exact) mass is 560 g/mol. The number of benzene rings is 2. The Bertz CT molecular complexity index is 827. The predicted molar refractivity (Wildman–Crippen MR) is 130 cm³/mol. The summed E-state index contributed by atoms with van der Waals surface area (Å²) in [5, 5.41) is 0. The molecule has 0 fully saturated rings. The molecule has 0 spiro atoms. The standard InChI is InChI=1S/C15H13.C8H18Si.C5H5.2ClH.Zr/c1-10-3-5-14-12(7-10)9-13-8-11(2)4-6-15(13)14;1-3-5-7-9-8-6-4-2;1-2-4-5-3-1;;;/h3-7H,9H2,1-2H3;3-8H2,1-2H3;1-5H;2*1H;/q-1;;-1;;;+2/p-2. The van der Waals surface area contributed by atoms with Crippen LogP contribution in [0.2, 0.25) is 12.1 Å². The predicted octanol–water partition coefficient (Wildman–Crippen LogP) is 2.21. The molecule has 1 aliphatic carbocycles. The number of aryl methyl sites for hydroxylation is 2. The number of halogens is 2. The van der Waals surface area contributed by atoms with Crippen molar-refractivity contribution < 1.29 is 48.1 Å². The van der Waals surface area contributed by atoms with E-state index < -0.39 is 0 Å². The van der Waals surface area contributed by atoms with Crippen LogP contribution in [-0.4, -0.2) is 5.43 Å². The van der Waals surface area contributed by atoms with Gasteiger partial charge in [-0.2, -0.15) is 42.0 Å². The summed E-state index contributed by atoms with van der Waals surface area (Å²) in [5.74, 6) is 0. The molecule has 0 bridgehead atoms. The molecule has 4 rings (SSSR count). The maximum absolute atomic E-state index is 3.45. The molecule has 3 aromatic rings. The van der Waals surface area contributed by atoms with Crippen LogP contribution in [-0.2, 0) is 29.8 Å². The van der Waals surface area contributed by atoms with Gasteiger partial charge < -0.3 is 24.8 Å². The largest absolute Gasteiger partial charge is 1.00 e. The van der Waals surface area contributed by atoms with E-state index in [1.54, 1.807) is 12.1 Å². The first-order chi connectivity index (χ1) is 14.5. The van der Waals surface area contributed by atoms with Crippen molar-refractivity contribution in [2.24, 2.45) is 0 Å². The zero-order valence-corrected chi connectivity index (χ0v) is 24.9. The van der Waals surface area contributed by atoms with Crippen LogP contribution in [0.25, 0.3) is 11.1 Å². The Morgan fingerprint density at radius 1 is 0.906 bits per heavy atom. The van der Waals surface area contributed by atoms with Gasteiger partial charge in [0.2, 0.25) is 0 Å². The average Bonchev–Trinajstić information content (AvgIpc) is 3.41. The van der Waals surface area contributed by atoms with Gasteiger partial charge in [-0.25, -0.2) is 12.1 Å². The molecule has 3 aromatic carbocycles. The Morgan fingerprint density at radius 3 is 2.03 bits per heavy atom. The molecule has 0 unspecified atom stereocenters. The van der Waals surface area contributed by atoms with E-state index in [4.69, 9.17) is 0 Å². The molecule has 0 amide bonds. The fraction of sp³-hybridized carbons (Fsp3) is 0.393. The van der Waals surface area contributed by atoms with Gasteiger partial charge in [0, 0.05) is 0 Å². The summed E-state index contributed by atoms with van der Waals surface area (Å²) >= 11 is 1.86. The van der Waals surface area contributed by atoms with Crippen molar-refractivity contribution in [2.75, 3.05) is 0 Å². The van der Waals surface area contributed by atoms with Gasteiger partial charge in [-0.15, -0.1) is 11.1 Å². The Hall–Kier alpha value is -0.530. The molecule has 32 heavy (non-hydrogen) atoms. The van der Waals surface area contributed by atoms with Gasteiger partial charge >= 0.3 is 80.4 Å². The van der Waals surface area contributed by atoms with Crippen LogP contribution in [0.1, 0.15) is 61.8 Å². The van der Waals surface area contributed by atoms with Crippen LogP contribution in [0.4, 0.5) is 0 Å². The van der Waals surface area contributed by atoms with Crippen molar-refractivity contribution in [3.8, 4) is 11.1 Å². The second kappa shape index (κ2) is 17.9. The van der Waals surface area contributed by atoms with E-state index in [1.165, 1.54) is 59.1 Å². The van der Waals surface area contributed by atoms with E-state index in [0.717, 1.165) is 6.42 Å². The Balaban J connectivity index is 0.000000494. The van der Waals surface area contributed by atoms with E-state index in [-0.39, 0.29) is 30.2 Å². The fourth-order valence-corrected chi connectivity index (χ4v) is 8.01. The Labute approximate surface area is 224 Å². The Kier molecular flexibility index (Phi) is 17.6. The van der Waals surface area contributed by atoms with Gasteiger partial charge in [0.1, 0.15) is 0 Å². The summed E-state index contributed by atoms with van der Waals surface area (Å²) in [6, 6.07) is 27.7. The Morgan fingerprint density at radius 2 is 1.50 bits per heavy atom. The molecular formula is C28H36Cl2SiZr-2. The molecule has 0 aliphatic heterocycles. The van der Waals surface area contributed by atoms with E-state index in [2.05, 4.69) is 64.1 Å². The first kappa shape index (κ1) is 31.5. The third kappa shape index (κ3) is 11.1. The molecule has 172 valence electrons. The third-order valence-corrected chi connectivity index (χ3v) is 10.9. The van der Waals surface area contributed by atoms with E-state index in [1.807, 2.05) is 53.7 Å². The molecule has 0 nitrogen and oxygen atoms in total. The van der Waals surface area contributed by atoms with E-state index in [0.29, 0.717) is 0 Å². The third-order valence-electron chi connectivity index (χ3n) is 5.31. The topological polar surface area (TPSA) is 0 Å². The molecule has 0 atom stereocenters. The van der Waals surface area contributed by atoms with Crippen LogP contribution < -0.4 is 24.8 Å². The quantitative estimate of drug-likeness (QED) is 0.250. The SMILES string of the molecule is CCCC[Si](=[Zr+2])CCCC.Cc1[c-]c2c(cc1)-c1ccc(C)cc1C2.[Cl-].[Cl-].c1cc[cH-]c1. The molecule has 0 heterocycles. The van der Waals surface area contributed by atoms with Crippen molar-refractivity contribution in [3.05, 3.63) is 89.0 Å². The molecular weight excluding hydrogens is 527 g/mol. The smallest absolute Gasteiger partial charge is 0.0253 e. The number of fused-ring (bicyclic) bond motifs is 3. The van der Waals surface area contributed by atoms with Crippen molar-refractivity contribution in [1.82, 2.24) is 0 Å². The molecule has 0 radical (unpaired) electrons. The minimum Gasteiger partial charge on any atom is -1.00 e. The van der Waals surface area contributed by atoms with Crippen molar-refractivity contribution in [2.45, 2.75) is 71.9 Å². The van der Waals surface area contributed by atoms with Crippen LogP contribution in [0, 0.1) is 19.9 Å². The summed E-state index contributed by atoms with van der Waals surface area (Å²) in [5.41, 5.74) is 8.33. The maximum atomic E-state index is 3.45. The summed E-state index contributed by atoms with van der Waals surface area (Å²) in [4.78, 5) is 0. The fourth-order valence-electron chi connectivity index (χ4n) is 3.60. The summed E-state index contributed by atoms with van der Waals surface area (Å²) in [6.07, 6.45) is 6.82. The van der Waals surface area contributed by atoms with Gasteiger partial charge in [0.15, 0.2) is 0 Å². The van der Waals surface area contributed by atoms with Crippen LogP contribution in [0.15, 0.2) is 60.7 Å². The van der Waals surface area contributed by atoms with Gasteiger partial charge in [0.05, 0.1) is 0 Å². The molecule has 0 saturated heterocycles. The van der Waals surface area contributed by atoms with Crippen molar-refractivity contribution in [3.63, 3.8) is 0 Å². The number of hydrogen-bond donors (Lipinski definition) is 0. The van der Waals surface area contributed by atoms with Gasteiger partial charge in [0.25, 0.3) is 0 Å². The molecule has 0 aromatic heterocycles. The molecule has 4 heteroatoms. The van der Waals surface area contributed by atoms with E-state index in [9.17, 15) is 0 Å². The normalized spacial score (nSPS) is 10.2. The second-order valence-corrected chi connectivity index (χ2v) is 15.6. The minimum atomic E-state index is 0. The first-order valence-electron chi connectivity index (χ1n) is 11.4. The number of unbranched alkanes of at least 4 members (excludes halogenated alkanes) is 2. The summed E-state index contributed by atoms with van der Waals surface area (Å²) in [6.45, 7) is 8.85. The minimum absolute atomic E-state index is 0. The average molecular weight is 563 g/mol. The van der Waals surface area contributed by atoms with Gasteiger partial charge in [-0.3, -0.25) is 0 Å². The van der Waals surface area contributed by atoms with Gasteiger partial charge in [-0.05, 0) is 18.9 Å². The van der Waals surface area contributed by atoms with Crippen molar-refractivity contribution >= 4 is 5.43 Å². The summed E-state index contributed by atoms with van der Waals surface area (Å²) in [7, 11) is 0. The zero-order chi connectivity index (χ0) is 21.8. The number of hydrogen-bond acceptors (Lipinski definition) is 0. The van der Waals surface area contributed by atoms with Crippen molar-refractivity contribution in [1.29, 1.82) is 0 Å².